The molecular formula is C26H33N3O4. The summed E-state index contributed by atoms with van der Waals surface area (Å²) in [5.74, 6) is 7.62. The summed E-state index contributed by atoms with van der Waals surface area (Å²) in [6, 6.07) is 11.3. The van der Waals surface area contributed by atoms with Crippen LogP contribution in [-0.4, -0.2) is 66.4 Å². The van der Waals surface area contributed by atoms with Crippen LogP contribution >= 0.6 is 0 Å². The van der Waals surface area contributed by atoms with E-state index >= 15 is 0 Å². The number of nitrogens with zero attached hydrogens (tertiary/aromatic N) is 3. The van der Waals surface area contributed by atoms with Gasteiger partial charge in [-0.1, -0.05) is 17.9 Å². The summed E-state index contributed by atoms with van der Waals surface area (Å²) in [4.78, 5) is 20.6. The highest BCUT2D eigenvalue weighted by atomic mass is 16.6. The molecule has 3 rings (SSSR count). The number of benzene rings is 1. The van der Waals surface area contributed by atoms with E-state index in [0.717, 1.165) is 50.4 Å². The van der Waals surface area contributed by atoms with E-state index < -0.39 is 11.7 Å². The highest BCUT2D eigenvalue weighted by Crippen LogP contribution is 2.26. The molecule has 1 aromatic heterocycles. The van der Waals surface area contributed by atoms with Crippen LogP contribution in [0.5, 0.6) is 11.6 Å². The van der Waals surface area contributed by atoms with Crippen molar-refractivity contribution in [3.05, 3.63) is 53.7 Å². The highest BCUT2D eigenvalue weighted by molar-refractivity contribution is 5.68. The van der Waals surface area contributed by atoms with Gasteiger partial charge in [0.05, 0.1) is 19.8 Å². The Balaban J connectivity index is 1.73. The van der Waals surface area contributed by atoms with Gasteiger partial charge < -0.3 is 19.1 Å². The quantitative estimate of drug-likeness (QED) is 0.610. The van der Waals surface area contributed by atoms with Crippen LogP contribution < -0.4 is 4.74 Å². The van der Waals surface area contributed by atoms with Crippen LogP contribution in [0, 0.1) is 11.8 Å². The lowest BCUT2D eigenvalue weighted by molar-refractivity contribution is 0.0284. The Morgan fingerprint density at radius 3 is 2.70 bits per heavy atom. The number of morpholine rings is 1. The molecular weight excluding hydrogens is 418 g/mol. The lowest BCUT2D eigenvalue weighted by Gasteiger charge is -2.25. The molecule has 1 aromatic carbocycles. The van der Waals surface area contributed by atoms with Gasteiger partial charge in [-0.3, -0.25) is 4.90 Å². The third kappa shape index (κ3) is 8.41. The number of rotatable bonds is 6. The van der Waals surface area contributed by atoms with Crippen LogP contribution in [0.4, 0.5) is 4.79 Å². The van der Waals surface area contributed by atoms with Crippen LogP contribution in [0.25, 0.3) is 0 Å². The van der Waals surface area contributed by atoms with Crippen LogP contribution in [0.1, 0.15) is 38.3 Å². The molecule has 0 aliphatic carbocycles. The van der Waals surface area contributed by atoms with Gasteiger partial charge in [0.2, 0.25) is 5.88 Å². The molecule has 2 heterocycles. The van der Waals surface area contributed by atoms with E-state index in [-0.39, 0.29) is 0 Å². The zero-order valence-corrected chi connectivity index (χ0v) is 20.0. The van der Waals surface area contributed by atoms with E-state index in [2.05, 4.69) is 21.7 Å². The van der Waals surface area contributed by atoms with E-state index in [1.807, 2.05) is 51.1 Å². The maximum absolute atomic E-state index is 12.5. The van der Waals surface area contributed by atoms with Crippen molar-refractivity contribution in [2.75, 3.05) is 39.9 Å². The standard InChI is InChI=1S/C26H33N3O4/c1-26(2,3)33-25(30)28(4)20-22-19-21(9-6-8-14-29-15-17-31-18-16-29)11-12-23(22)32-24-10-5-7-13-27-24/h5,7,10-13,19H,8,14-18,20H2,1-4H3. The van der Waals surface area contributed by atoms with E-state index in [4.69, 9.17) is 14.2 Å². The van der Waals surface area contributed by atoms with Gasteiger partial charge in [0.25, 0.3) is 0 Å². The number of hydrogen-bond donors (Lipinski definition) is 0. The molecule has 0 spiro atoms. The predicted molar refractivity (Wildman–Crippen MR) is 127 cm³/mol. The summed E-state index contributed by atoms with van der Waals surface area (Å²) in [7, 11) is 1.71. The topological polar surface area (TPSA) is 64.1 Å². The minimum absolute atomic E-state index is 0.320. The second kappa shape index (κ2) is 11.7. The molecule has 0 atom stereocenters. The summed E-state index contributed by atoms with van der Waals surface area (Å²) >= 11 is 0. The zero-order chi connectivity index (χ0) is 23.7. The first-order chi connectivity index (χ1) is 15.8. The smallest absolute Gasteiger partial charge is 0.410 e. The number of hydrogen-bond acceptors (Lipinski definition) is 6. The first-order valence-corrected chi connectivity index (χ1v) is 11.2. The van der Waals surface area contributed by atoms with Gasteiger partial charge in [-0.25, -0.2) is 9.78 Å². The fourth-order valence-corrected chi connectivity index (χ4v) is 3.26. The lowest BCUT2D eigenvalue weighted by atomic mass is 10.1. The summed E-state index contributed by atoms with van der Waals surface area (Å²) in [6.45, 7) is 10.3. The molecule has 0 N–H and O–H groups in total. The fraction of sp³-hybridized carbons (Fsp3) is 0.462. The van der Waals surface area contributed by atoms with Crippen LogP contribution in [0.2, 0.25) is 0 Å². The maximum Gasteiger partial charge on any atom is 0.410 e. The molecule has 33 heavy (non-hydrogen) atoms. The van der Waals surface area contributed by atoms with Crippen molar-refractivity contribution < 1.29 is 19.0 Å². The minimum atomic E-state index is -0.563. The van der Waals surface area contributed by atoms with E-state index in [9.17, 15) is 4.79 Å². The average Bonchev–Trinajstić information content (AvgIpc) is 2.78. The van der Waals surface area contributed by atoms with Gasteiger partial charge in [-0.15, -0.1) is 0 Å². The van der Waals surface area contributed by atoms with Crippen molar-refractivity contribution in [2.24, 2.45) is 0 Å². The molecule has 7 heteroatoms. The number of carbonyl (C=O) groups is 1. The number of amides is 1. The summed E-state index contributed by atoms with van der Waals surface area (Å²) < 4.78 is 16.9. The molecule has 0 radical (unpaired) electrons. The lowest BCUT2D eigenvalue weighted by Crippen LogP contribution is -2.36. The summed E-state index contributed by atoms with van der Waals surface area (Å²) in [6.07, 6.45) is 2.07. The highest BCUT2D eigenvalue weighted by Gasteiger charge is 2.21. The van der Waals surface area contributed by atoms with E-state index in [1.165, 1.54) is 4.90 Å². The van der Waals surface area contributed by atoms with E-state index in [1.54, 1.807) is 19.3 Å². The minimum Gasteiger partial charge on any atom is -0.444 e. The Morgan fingerprint density at radius 2 is 2.00 bits per heavy atom. The Bertz CT molecular complexity index is 971. The number of carbonyl (C=O) groups excluding carboxylic acids is 1. The molecule has 1 fully saturated rings. The van der Waals surface area contributed by atoms with Gasteiger partial charge in [-0.2, -0.15) is 0 Å². The van der Waals surface area contributed by atoms with Crippen molar-refractivity contribution >= 4 is 6.09 Å². The Kier molecular flexibility index (Phi) is 8.70. The maximum atomic E-state index is 12.5. The van der Waals surface area contributed by atoms with E-state index in [0.29, 0.717) is 18.2 Å². The molecule has 1 amide bonds. The van der Waals surface area contributed by atoms with Gasteiger partial charge in [-0.05, 0) is 45.0 Å². The third-order valence-electron chi connectivity index (χ3n) is 4.91. The van der Waals surface area contributed by atoms with Crippen molar-refractivity contribution in [1.29, 1.82) is 0 Å². The molecule has 0 bridgehead atoms. The van der Waals surface area contributed by atoms with Crippen LogP contribution in [0.3, 0.4) is 0 Å². The number of ether oxygens (including phenoxy) is 3. The van der Waals surface area contributed by atoms with Crippen molar-refractivity contribution in [3.8, 4) is 23.5 Å². The number of pyridine rings is 1. The Labute approximate surface area is 196 Å². The Hall–Kier alpha value is -3.08. The normalized spacial score (nSPS) is 14.2. The van der Waals surface area contributed by atoms with Crippen molar-refractivity contribution in [2.45, 2.75) is 39.3 Å². The van der Waals surface area contributed by atoms with Gasteiger partial charge in [0, 0.05) is 56.5 Å². The summed E-state index contributed by atoms with van der Waals surface area (Å²) in [5.41, 5.74) is 1.14. The molecule has 0 saturated carbocycles. The average molecular weight is 452 g/mol. The Morgan fingerprint density at radius 1 is 1.21 bits per heavy atom. The molecule has 1 saturated heterocycles. The SMILES string of the molecule is CN(Cc1cc(C#CCCN2CCOCC2)ccc1Oc1ccccn1)C(=O)OC(C)(C)C. The zero-order valence-electron chi connectivity index (χ0n) is 20.0. The van der Waals surface area contributed by atoms with Gasteiger partial charge in [0.1, 0.15) is 11.4 Å². The number of aromatic nitrogens is 1. The second-order valence-electron chi connectivity index (χ2n) is 8.93. The molecule has 176 valence electrons. The first-order valence-electron chi connectivity index (χ1n) is 11.2. The van der Waals surface area contributed by atoms with Crippen molar-refractivity contribution in [3.63, 3.8) is 0 Å². The predicted octanol–water partition coefficient (Wildman–Crippen LogP) is 4.31. The summed E-state index contributed by atoms with van der Waals surface area (Å²) in [5, 5.41) is 0. The van der Waals surface area contributed by atoms with Crippen LogP contribution in [0.15, 0.2) is 42.6 Å². The first kappa shape index (κ1) is 24.6. The van der Waals surface area contributed by atoms with Crippen molar-refractivity contribution in [1.82, 2.24) is 14.8 Å². The molecule has 7 nitrogen and oxygen atoms in total. The van der Waals surface area contributed by atoms with Crippen LogP contribution in [-0.2, 0) is 16.0 Å². The largest absolute Gasteiger partial charge is 0.444 e. The molecule has 1 aliphatic rings. The third-order valence-corrected chi connectivity index (χ3v) is 4.91. The van der Waals surface area contributed by atoms with Gasteiger partial charge >= 0.3 is 6.09 Å². The molecule has 0 unspecified atom stereocenters. The van der Waals surface area contributed by atoms with Gasteiger partial charge in [0.15, 0.2) is 0 Å². The molecule has 2 aromatic rings. The molecule has 1 aliphatic heterocycles. The second-order valence-corrected chi connectivity index (χ2v) is 8.93. The monoisotopic (exact) mass is 451 g/mol. The fourth-order valence-electron chi connectivity index (χ4n) is 3.26.